The summed E-state index contributed by atoms with van der Waals surface area (Å²) in [6.45, 7) is 1.59. The smallest absolute Gasteiger partial charge is 0.395 e. The predicted molar refractivity (Wildman–Crippen MR) is 98.6 cm³/mol. The zero-order chi connectivity index (χ0) is 20.9. The minimum absolute atomic E-state index is 0.0318. The molecule has 0 aliphatic carbocycles. The van der Waals surface area contributed by atoms with Gasteiger partial charge >= 0.3 is 11.9 Å². The fourth-order valence-corrected chi connectivity index (χ4v) is 2.17. The van der Waals surface area contributed by atoms with E-state index in [4.69, 9.17) is 17.3 Å². The van der Waals surface area contributed by atoms with Crippen LogP contribution < -0.4 is 11.1 Å². The number of aromatic nitrogens is 2. The lowest BCUT2D eigenvalue weighted by Crippen LogP contribution is -2.20. The van der Waals surface area contributed by atoms with Crippen molar-refractivity contribution in [1.82, 2.24) is 9.97 Å². The van der Waals surface area contributed by atoms with Gasteiger partial charge in [0.1, 0.15) is 11.9 Å². The Morgan fingerprint density at radius 3 is 2.61 bits per heavy atom. The van der Waals surface area contributed by atoms with Gasteiger partial charge in [0.15, 0.2) is 0 Å². The van der Waals surface area contributed by atoms with Crippen LogP contribution in [-0.2, 0) is 6.54 Å². The van der Waals surface area contributed by atoms with Crippen LogP contribution in [0.25, 0.3) is 0 Å². The van der Waals surface area contributed by atoms with Gasteiger partial charge in [-0.05, 0) is 42.3 Å². The van der Waals surface area contributed by atoms with Crippen molar-refractivity contribution in [3.05, 3.63) is 63.2 Å². The molecule has 0 aliphatic rings. The highest BCUT2D eigenvalue weighted by Gasteiger charge is 2.31. The zero-order valence-electron chi connectivity index (χ0n) is 14.4. The molecule has 2 rings (SSSR count). The number of halogens is 4. The summed E-state index contributed by atoms with van der Waals surface area (Å²) in [5.41, 5.74) is 4.62. The highest BCUT2D eigenvalue weighted by Crippen LogP contribution is 2.24. The number of allylic oxidation sites excluding steroid dienone is 2. The molecule has 148 valence electrons. The number of benzene rings is 1. The summed E-state index contributed by atoms with van der Waals surface area (Å²) in [7, 11) is 0. The first-order valence-corrected chi connectivity index (χ1v) is 8.03. The van der Waals surface area contributed by atoms with Crippen molar-refractivity contribution < 1.29 is 18.1 Å². The van der Waals surface area contributed by atoms with E-state index in [1.807, 2.05) is 0 Å². The molecule has 0 radical (unpaired) electrons. The van der Waals surface area contributed by atoms with Crippen molar-refractivity contribution in [2.45, 2.75) is 19.6 Å². The topological polar surface area (TPSA) is 119 Å². The van der Waals surface area contributed by atoms with E-state index in [-0.39, 0.29) is 29.0 Å². The van der Waals surface area contributed by atoms with Crippen molar-refractivity contribution >= 4 is 34.5 Å². The van der Waals surface area contributed by atoms with Gasteiger partial charge in [-0.2, -0.15) is 18.2 Å². The summed E-state index contributed by atoms with van der Waals surface area (Å²) in [6.07, 6.45) is -2.87. The van der Waals surface area contributed by atoms with Crippen LogP contribution in [0, 0.1) is 10.1 Å². The molecule has 0 saturated carbocycles. The molecular weight excluding hydrogens is 401 g/mol. The SMILES string of the molecule is CC(/C=C(\N)C(F)(F)F)=Nc1ccc(CNc2nc(Cl)ncc2[N+](=O)[O-])cc1. The van der Waals surface area contributed by atoms with Gasteiger partial charge in [0.2, 0.25) is 11.1 Å². The number of anilines is 1. The third-order valence-corrected chi connectivity index (χ3v) is 3.51. The molecule has 0 atom stereocenters. The van der Waals surface area contributed by atoms with E-state index in [1.165, 1.54) is 6.92 Å². The molecule has 12 heteroatoms. The maximum atomic E-state index is 12.4. The Balaban J connectivity index is 2.09. The second-order valence-electron chi connectivity index (χ2n) is 5.50. The number of nitrogens with zero attached hydrogens (tertiary/aromatic N) is 4. The van der Waals surface area contributed by atoms with Gasteiger partial charge in [-0.25, -0.2) is 4.98 Å². The minimum atomic E-state index is -4.61. The second kappa shape index (κ2) is 8.65. The molecule has 0 fully saturated rings. The van der Waals surface area contributed by atoms with Crippen molar-refractivity contribution in [1.29, 1.82) is 0 Å². The molecule has 2 aromatic rings. The van der Waals surface area contributed by atoms with E-state index in [0.29, 0.717) is 5.69 Å². The summed E-state index contributed by atoms with van der Waals surface area (Å²) in [6, 6.07) is 6.48. The molecule has 1 aromatic heterocycles. The third-order valence-electron chi connectivity index (χ3n) is 3.33. The van der Waals surface area contributed by atoms with Crippen molar-refractivity contribution in [3.8, 4) is 0 Å². The van der Waals surface area contributed by atoms with E-state index in [0.717, 1.165) is 17.8 Å². The Bertz CT molecular complexity index is 929. The van der Waals surface area contributed by atoms with Crippen LogP contribution in [0.15, 0.2) is 47.2 Å². The van der Waals surface area contributed by atoms with Crippen molar-refractivity contribution in [2.75, 3.05) is 5.32 Å². The predicted octanol–water partition coefficient (Wildman–Crippen LogP) is 4.15. The zero-order valence-corrected chi connectivity index (χ0v) is 15.1. The van der Waals surface area contributed by atoms with Gasteiger partial charge in [-0.1, -0.05) is 12.1 Å². The molecule has 1 heterocycles. The normalized spacial score (nSPS) is 12.8. The largest absolute Gasteiger partial charge is 0.430 e. The van der Waals surface area contributed by atoms with Gasteiger partial charge in [0.05, 0.1) is 10.6 Å². The summed E-state index contributed by atoms with van der Waals surface area (Å²) in [5, 5.41) is 13.6. The average Bonchev–Trinajstić information content (AvgIpc) is 2.60. The van der Waals surface area contributed by atoms with Gasteiger partial charge < -0.3 is 11.1 Å². The van der Waals surface area contributed by atoms with Crippen molar-refractivity contribution in [2.24, 2.45) is 10.7 Å². The number of nitrogens with one attached hydrogen (secondary N) is 1. The fourth-order valence-electron chi connectivity index (χ4n) is 2.03. The van der Waals surface area contributed by atoms with Crippen LogP contribution in [0.2, 0.25) is 5.28 Å². The number of nitro groups is 1. The average molecular weight is 415 g/mol. The molecule has 1 aromatic carbocycles. The van der Waals surface area contributed by atoms with Gasteiger partial charge in [-0.15, -0.1) is 0 Å². The number of hydrogen-bond donors (Lipinski definition) is 2. The van der Waals surface area contributed by atoms with E-state index < -0.39 is 16.8 Å². The van der Waals surface area contributed by atoms with Crippen molar-refractivity contribution in [3.63, 3.8) is 0 Å². The van der Waals surface area contributed by atoms with Crippen LogP contribution in [0.4, 0.5) is 30.4 Å². The molecule has 0 bridgehead atoms. The summed E-state index contributed by atoms with van der Waals surface area (Å²) in [5.74, 6) is -0.0318. The van der Waals surface area contributed by atoms with Crippen LogP contribution in [0.5, 0.6) is 0 Å². The molecule has 0 amide bonds. The quantitative estimate of drug-likeness (QED) is 0.317. The number of rotatable bonds is 6. The molecule has 0 aliphatic heterocycles. The first-order chi connectivity index (χ1) is 13.1. The summed E-state index contributed by atoms with van der Waals surface area (Å²) in [4.78, 5) is 21.7. The van der Waals surface area contributed by atoms with Gasteiger partial charge in [-0.3, -0.25) is 15.1 Å². The Hall–Kier alpha value is -3.21. The number of alkyl halides is 3. The lowest BCUT2D eigenvalue weighted by molar-refractivity contribution is -0.384. The third kappa shape index (κ3) is 5.91. The first-order valence-electron chi connectivity index (χ1n) is 7.65. The summed E-state index contributed by atoms with van der Waals surface area (Å²) >= 11 is 5.65. The summed E-state index contributed by atoms with van der Waals surface area (Å²) < 4.78 is 37.2. The molecule has 0 unspecified atom stereocenters. The van der Waals surface area contributed by atoms with E-state index in [1.54, 1.807) is 24.3 Å². The lowest BCUT2D eigenvalue weighted by atomic mass is 10.2. The molecule has 0 saturated heterocycles. The maximum absolute atomic E-state index is 12.4. The van der Waals surface area contributed by atoms with Crippen LogP contribution in [0.3, 0.4) is 0 Å². The Morgan fingerprint density at radius 2 is 2.04 bits per heavy atom. The Morgan fingerprint density at radius 1 is 1.39 bits per heavy atom. The molecule has 8 nitrogen and oxygen atoms in total. The second-order valence-corrected chi connectivity index (χ2v) is 5.84. The molecular formula is C16H14ClF3N6O2. The monoisotopic (exact) mass is 414 g/mol. The van der Waals surface area contributed by atoms with Crippen LogP contribution >= 0.6 is 11.6 Å². The number of aliphatic imine (C=N–C) groups is 1. The van der Waals surface area contributed by atoms with E-state index in [9.17, 15) is 23.3 Å². The minimum Gasteiger partial charge on any atom is -0.395 e. The first kappa shape index (κ1) is 21.1. The molecule has 28 heavy (non-hydrogen) atoms. The van der Waals surface area contributed by atoms with Crippen LogP contribution in [-0.4, -0.2) is 26.8 Å². The van der Waals surface area contributed by atoms with Gasteiger partial charge in [0, 0.05) is 12.3 Å². The molecule has 3 N–H and O–H groups in total. The van der Waals surface area contributed by atoms with Gasteiger partial charge in [0.25, 0.3) is 0 Å². The van der Waals surface area contributed by atoms with E-state index >= 15 is 0 Å². The molecule has 0 spiro atoms. The maximum Gasteiger partial charge on any atom is 0.430 e. The lowest BCUT2D eigenvalue weighted by Gasteiger charge is -2.07. The Labute approximate surface area is 162 Å². The highest BCUT2D eigenvalue weighted by molar-refractivity contribution is 6.28. The van der Waals surface area contributed by atoms with E-state index in [2.05, 4.69) is 20.3 Å². The van der Waals surface area contributed by atoms with Crippen LogP contribution in [0.1, 0.15) is 12.5 Å². The standard InChI is InChI=1S/C16H14ClF3N6O2/c1-9(6-13(21)16(18,19)20)24-11-4-2-10(3-5-11)7-22-14-12(26(27)28)8-23-15(17)25-14/h2-6,8H,7,21H2,1H3,(H,22,23,25)/b13-6-,24-9?. The number of nitrogens with two attached hydrogens (primary N) is 1. The number of hydrogen-bond acceptors (Lipinski definition) is 7. The highest BCUT2D eigenvalue weighted by atomic mass is 35.5. The Kier molecular flexibility index (Phi) is 6.52. The fraction of sp³-hybridized carbons (Fsp3) is 0.188.